The molecule has 0 aliphatic carbocycles. The molecule has 0 saturated carbocycles. The Bertz CT molecular complexity index is 101. The van der Waals surface area contributed by atoms with Crippen LogP contribution in [0.2, 0.25) is 0 Å². The molecular weight excluding hydrogens is 152 g/mol. The maximum Gasteiger partial charge on any atom is 0.0110 e. The second-order valence-electron chi connectivity index (χ2n) is 3.21. The second kappa shape index (κ2) is 6.37. The molecular formula is C8H22N4. The van der Waals surface area contributed by atoms with E-state index in [4.69, 9.17) is 5.73 Å². The Labute approximate surface area is 75.1 Å². The Morgan fingerprint density at radius 3 is 2.50 bits per heavy atom. The number of rotatable bonds is 3. The summed E-state index contributed by atoms with van der Waals surface area (Å²) in [6, 6.07) is 0.669. The van der Waals surface area contributed by atoms with Crippen molar-refractivity contribution in [2.24, 2.45) is 5.73 Å². The summed E-state index contributed by atoms with van der Waals surface area (Å²) in [5.74, 6) is 0. The van der Waals surface area contributed by atoms with Crippen LogP contribution in [0.1, 0.15) is 13.3 Å². The predicted molar refractivity (Wildman–Crippen MR) is 52.6 cm³/mol. The molecule has 1 saturated heterocycles. The van der Waals surface area contributed by atoms with Crippen molar-refractivity contribution >= 4 is 0 Å². The number of nitrogens with zero attached hydrogens (tertiary/aromatic N) is 1. The van der Waals surface area contributed by atoms with Crippen LogP contribution in [-0.2, 0) is 0 Å². The van der Waals surface area contributed by atoms with Crippen molar-refractivity contribution in [2.75, 3.05) is 32.7 Å². The highest BCUT2D eigenvalue weighted by molar-refractivity contribution is 4.73. The van der Waals surface area contributed by atoms with Gasteiger partial charge in [0.2, 0.25) is 0 Å². The summed E-state index contributed by atoms with van der Waals surface area (Å²) >= 11 is 0. The standard InChI is InChI=1S/C8H19N3.H3N/c1-8(2-3-9)11-6-4-10-5-7-11;/h8,10H,2-7,9H2,1H3;1H3. The maximum absolute atomic E-state index is 5.49. The van der Waals surface area contributed by atoms with Crippen LogP contribution in [0, 0.1) is 0 Å². The third kappa shape index (κ3) is 3.49. The van der Waals surface area contributed by atoms with Gasteiger partial charge in [-0.05, 0) is 19.9 Å². The molecule has 1 unspecified atom stereocenters. The maximum atomic E-state index is 5.49. The molecule has 6 N–H and O–H groups in total. The van der Waals surface area contributed by atoms with Gasteiger partial charge in [-0.1, -0.05) is 0 Å². The molecule has 74 valence electrons. The first kappa shape index (κ1) is 11.8. The lowest BCUT2D eigenvalue weighted by Gasteiger charge is -2.32. The van der Waals surface area contributed by atoms with E-state index in [1.54, 1.807) is 0 Å². The SMILES string of the molecule is CC(CCN)N1CCNCC1.N. The Morgan fingerprint density at radius 2 is 2.00 bits per heavy atom. The Balaban J connectivity index is 0.00000121. The quantitative estimate of drug-likeness (QED) is 0.553. The minimum Gasteiger partial charge on any atom is -0.344 e. The van der Waals surface area contributed by atoms with E-state index in [2.05, 4.69) is 17.1 Å². The summed E-state index contributed by atoms with van der Waals surface area (Å²) in [4.78, 5) is 2.50. The molecule has 0 aromatic rings. The van der Waals surface area contributed by atoms with Crippen LogP contribution < -0.4 is 17.2 Å². The highest BCUT2D eigenvalue weighted by Crippen LogP contribution is 2.03. The first-order valence-corrected chi connectivity index (χ1v) is 4.49. The third-order valence-electron chi connectivity index (χ3n) is 2.36. The van der Waals surface area contributed by atoms with Gasteiger partial charge < -0.3 is 17.2 Å². The molecule has 0 aromatic carbocycles. The summed E-state index contributed by atoms with van der Waals surface area (Å²) in [7, 11) is 0. The first-order valence-electron chi connectivity index (χ1n) is 4.49. The second-order valence-corrected chi connectivity index (χ2v) is 3.21. The lowest BCUT2D eigenvalue weighted by atomic mass is 10.2. The van der Waals surface area contributed by atoms with Crippen molar-refractivity contribution in [3.8, 4) is 0 Å². The van der Waals surface area contributed by atoms with Gasteiger partial charge in [0, 0.05) is 32.2 Å². The van der Waals surface area contributed by atoms with Gasteiger partial charge in [-0.3, -0.25) is 4.90 Å². The average Bonchev–Trinajstić information content (AvgIpc) is 2.07. The summed E-state index contributed by atoms with van der Waals surface area (Å²) < 4.78 is 0. The summed E-state index contributed by atoms with van der Waals surface area (Å²) in [5.41, 5.74) is 5.49. The van der Waals surface area contributed by atoms with Gasteiger partial charge >= 0.3 is 0 Å². The van der Waals surface area contributed by atoms with Gasteiger partial charge in [-0.2, -0.15) is 0 Å². The van der Waals surface area contributed by atoms with Gasteiger partial charge in [-0.25, -0.2) is 0 Å². The zero-order valence-electron chi connectivity index (χ0n) is 8.05. The molecule has 4 heteroatoms. The van der Waals surface area contributed by atoms with Crippen molar-refractivity contribution in [3.05, 3.63) is 0 Å². The molecule has 1 rings (SSSR count). The highest BCUT2D eigenvalue weighted by atomic mass is 15.2. The van der Waals surface area contributed by atoms with Crippen LogP contribution >= 0.6 is 0 Å². The lowest BCUT2D eigenvalue weighted by Crippen LogP contribution is -2.47. The largest absolute Gasteiger partial charge is 0.344 e. The summed E-state index contributed by atoms with van der Waals surface area (Å²) in [5, 5.41) is 3.34. The number of nitrogens with two attached hydrogens (primary N) is 1. The Hall–Kier alpha value is -0.160. The van der Waals surface area contributed by atoms with Crippen LogP contribution in [0.4, 0.5) is 0 Å². The molecule has 0 radical (unpaired) electrons. The van der Waals surface area contributed by atoms with Crippen molar-refractivity contribution in [1.29, 1.82) is 0 Å². The summed E-state index contributed by atoms with van der Waals surface area (Å²) in [6.07, 6.45) is 1.12. The molecule has 0 bridgehead atoms. The van der Waals surface area contributed by atoms with Crippen LogP contribution in [0.15, 0.2) is 0 Å². The molecule has 0 spiro atoms. The van der Waals surface area contributed by atoms with Crippen LogP contribution in [-0.4, -0.2) is 43.7 Å². The zero-order chi connectivity index (χ0) is 8.10. The molecule has 0 aromatic heterocycles. The zero-order valence-corrected chi connectivity index (χ0v) is 8.05. The predicted octanol–water partition coefficient (Wildman–Crippen LogP) is -0.209. The fourth-order valence-electron chi connectivity index (χ4n) is 1.55. The third-order valence-corrected chi connectivity index (χ3v) is 2.36. The van der Waals surface area contributed by atoms with Gasteiger partial charge in [-0.15, -0.1) is 0 Å². The molecule has 1 heterocycles. The fourth-order valence-corrected chi connectivity index (χ4v) is 1.55. The minimum atomic E-state index is 0. The highest BCUT2D eigenvalue weighted by Gasteiger charge is 2.14. The van der Waals surface area contributed by atoms with E-state index in [0.717, 1.165) is 26.1 Å². The van der Waals surface area contributed by atoms with E-state index < -0.39 is 0 Å². The summed E-state index contributed by atoms with van der Waals surface area (Å²) in [6.45, 7) is 7.70. The van der Waals surface area contributed by atoms with E-state index >= 15 is 0 Å². The number of nitrogens with one attached hydrogen (secondary N) is 1. The van der Waals surface area contributed by atoms with Gasteiger partial charge in [0.1, 0.15) is 0 Å². The molecule has 1 fully saturated rings. The van der Waals surface area contributed by atoms with Gasteiger partial charge in [0.15, 0.2) is 0 Å². The van der Waals surface area contributed by atoms with Crippen molar-refractivity contribution in [1.82, 2.24) is 16.4 Å². The van der Waals surface area contributed by atoms with E-state index in [0.29, 0.717) is 6.04 Å². The smallest absolute Gasteiger partial charge is 0.0110 e. The van der Waals surface area contributed by atoms with Crippen LogP contribution in [0.5, 0.6) is 0 Å². The normalized spacial score (nSPS) is 21.5. The number of piperazine rings is 1. The average molecular weight is 174 g/mol. The first-order chi connectivity index (χ1) is 5.34. The van der Waals surface area contributed by atoms with E-state index in [9.17, 15) is 0 Å². The fraction of sp³-hybridized carbons (Fsp3) is 1.00. The van der Waals surface area contributed by atoms with E-state index in [-0.39, 0.29) is 6.15 Å². The molecule has 4 nitrogen and oxygen atoms in total. The van der Waals surface area contributed by atoms with Gasteiger partial charge in [0.05, 0.1) is 0 Å². The molecule has 1 aliphatic heterocycles. The lowest BCUT2D eigenvalue weighted by molar-refractivity contribution is 0.178. The Kier molecular flexibility index (Phi) is 6.28. The topological polar surface area (TPSA) is 76.3 Å². The van der Waals surface area contributed by atoms with E-state index in [1.807, 2.05) is 0 Å². The van der Waals surface area contributed by atoms with Crippen LogP contribution in [0.25, 0.3) is 0 Å². The monoisotopic (exact) mass is 174 g/mol. The van der Waals surface area contributed by atoms with Gasteiger partial charge in [0.25, 0.3) is 0 Å². The van der Waals surface area contributed by atoms with Crippen LogP contribution in [0.3, 0.4) is 0 Å². The molecule has 1 atom stereocenters. The Morgan fingerprint density at radius 1 is 1.42 bits per heavy atom. The van der Waals surface area contributed by atoms with Crippen molar-refractivity contribution < 1.29 is 0 Å². The number of hydrogen-bond acceptors (Lipinski definition) is 4. The molecule has 1 aliphatic rings. The molecule has 12 heavy (non-hydrogen) atoms. The van der Waals surface area contributed by atoms with Crippen molar-refractivity contribution in [2.45, 2.75) is 19.4 Å². The van der Waals surface area contributed by atoms with Crippen molar-refractivity contribution in [3.63, 3.8) is 0 Å². The minimum absolute atomic E-state index is 0. The molecule has 0 amide bonds. The van der Waals surface area contributed by atoms with E-state index in [1.165, 1.54) is 13.1 Å². The number of hydrogen-bond donors (Lipinski definition) is 3.